The van der Waals surface area contributed by atoms with Crippen LogP contribution in [-0.4, -0.2) is 20.7 Å². The maximum Gasteiger partial charge on any atom is 0.229 e. The molecule has 0 saturated heterocycles. The van der Waals surface area contributed by atoms with E-state index in [2.05, 4.69) is 15.4 Å². The Hall–Kier alpha value is -2.47. The average molecular weight is 352 g/mol. The van der Waals surface area contributed by atoms with E-state index in [0.717, 1.165) is 48.2 Å². The number of anilines is 1. The van der Waals surface area contributed by atoms with Gasteiger partial charge in [0.2, 0.25) is 5.91 Å². The Morgan fingerprint density at radius 1 is 1.24 bits per heavy atom. The van der Waals surface area contributed by atoms with Crippen LogP contribution in [0.5, 0.6) is 0 Å². The first-order chi connectivity index (χ1) is 12.2. The van der Waals surface area contributed by atoms with Gasteiger partial charge in [0.15, 0.2) is 5.13 Å². The number of aromatic nitrogens is 3. The first-order valence-electron chi connectivity index (χ1n) is 8.56. The second-order valence-electron chi connectivity index (χ2n) is 6.44. The summed E-state index contributed by atoms with van der Waals surface area (Å²) in [5, 5.41) is 10.2. The lowest BCUT2D eigenvalue weighted by atomic mass is 10.1. The Labute approximate surface area is 150 Å². The molecule has 1 aliphatic carbocycles. The fraction of sp³-hybridized carbons (Fsp3) is 0.316. The summed E-state index contributed by atoms with van der Waals surface area (Å²) in [5.41, 5.74) is 3.79. The van der Waals surface area contributed by atoms with Crippen LogP contribution in [0.3, 0.4) is 0 Å². The fourth-order valence-corrected chi connectivity index (χ4v) is 4.05. The highest BCUT2D eigenvalue weighted by Gasteiger charge is 2.23. The molecule has 4 rings (SSSR count). The van der Waals surface area contributed by atoms with E-state index in [1.54, 1.807) is 4.68 Å². The minimum atomic E-state index is 0.105. The Kier molecular flexibility index (Phi) is 4.36. The van der Waals surface area contributed by atoms with Crippen LogP contribution in [-0.2, 0) is 11.8 Å². The number of nitrogens with one attached hydrogen (secondary N) is 1. The lowest BCUT2D eigenvalue weighted by molar-refractivity contribution is -0.119. The van der Waals surface area contributed by atoms with Gasteiger partial charge in [-0.1, -0.05) is 43.2 Å². The molecule has 0 spiro atoms. The van der Waals surface area contributed by atoms with E-state index in [0.29, 0.717) is 5.13 Å². The number of carbonyl (C=O) groups is 1. The molecule has 1 saturated carbocycles. The number of amides is 1. The highest BCUT2D eigenvalue weighted by molar-refractivity contribution is 7.14. The SMILES string of the molecule is Cn1cc(-c2csc(NC(=O)C3CCCC3)n2)c(-c2ccccc2)n1. The number of aryl methyl sites for hydroxylation is 1. The molecule has 1 fully saturated rings. The van der Waals surface area contributed by atoms with E-state index in [1.807, 2.05) is 49.0 Å². The maximum atomic E-state index is 12.3. The Morgan fingerprint density at radius 3 is 2.76 bits per heavy atom. The summed E-state index contributed by atoms with van der Waals surface area (Å²) in [5.74, 6) is 0.249. The van der Waals surface area contributed by atoms with Crippen molar-refractivity contribution < 1.29 is 4.79 Å². The zero-order valence-corrected chi connectivity index (χ0v) is 14.9. The van der Waals surface area contributed by atoms with Gasteiger partial charge in [-0.25, -0.2) is 4.98 Å². The van der Waals surface area contributed by atoms with Crippen molar-refractivity contribution in [3.63, 3.8) is 0 Å². The molecule has 1 aliphatic rings. The molecular formula is C19H20N4OS. The van der Waals surface area contributed by atoms with Gasteiger partial charge in [-0.3, -0.25) is 9.48 Å². The van der Waals surface area contributed by atoms with Crippen molar-refractivity contribution in [2.45, 2.75) is 25.7 Å². The monoisotopic (exact) mass is 352 g/mol. The van der Waals surface area contributed by atoms with Crippen LogP contribution in [0, 0.1) is 5.92 Å². The van der Waals surface area contributed by atoms with Gasteiger partial charge in [-0.05, 0) is 12.8 Å². The normalized spacial score (nSPS) is 14.8. The number of hydrogen-bond donors (Lipinski definition) is 1. The minimum absolute atomic E-state index is 0.105. The minimum Gasteiger partial charge on any atom is -0.302 e. The predicted octanol–water partition coefficient (Wildman–Crippen LogP) is 4.34. The van der Waals surface area contributed by atoms with Gasteiger partial charge in [0.1, 0.15) is 5.69 Å². The topological polar surface area (TPSA) is 59.8 Å². The van der Waals surface area contributed by atoms with E-state index in [1.165, 1.54) is 11.3 Å². The summed E-state index contributed by atoms with van der Waals surface area (Å²) in [6.07, 6.45) is 6.25. The molecular weight excluding hydrogens is 332 g/mol. The standard InChI is InChI=1S/C19H20N4OS/c1-23-11-15(17(22-23)13-7-3-2-4-8-13)16-12-25-19(20-16)21-18(24)14-9-5-6-10-14/h2-4,7-8,11-12,14H,5-6,9-10H2,1H3,(H,20,21,24). The molecule has 2 aromatic heterocycles. The molecule has 0 atom stereocenters. The molecule has 5 nitrogen and oxygen atoms in total. The second kappa shape index (κ2) is 6.80. The van der Waals surface area contributed by atoms with E-state index in [-0.39, 0.29) is 11.8 Å². The Bertz CT molecular complexity index is 878. The van der Waals surface area contributed by atoms with E-state index >= 15 is 0 Å². The number of rotatable bonds is 4. The van der Waals surface area contributed by atoms with Crippen LogP contribution in [0.1, 0.15) is 25.7 Å². The third-order valence-corrected chi connectivity index (χ3v) is 5.37. The van der Waals surface area contributed by atoms with Crippen molar-refractivity contribution in [3.05, 3.63) is 41.9 Å². The Balaban J connectivity index is 1.59. The molecule has 0 aliphatic heterocycles. The van der Waals surface area contributed by atoms with Gasteiger partial charge in [-0.15, -0.1) is 11.3 Å². The number of hydrogen-bond acceptors (Lipinski definition) is 4. The van der Waals surface area contributed by atoms with Crippen LogP contribution < -0.4 is 5.32 Å². The average Bonchev–Trinajstić information content (AvgIpc) is 3.35. The first-order valence-corrected chi connectivity index (χ1v) is 9.44. The molecule has 3 aromatic rings. The molecule has 25 heavy (non-hydrogen) atoms. The van der Waals surface area contributed by atoms with Gasteiger partial charge in [0.25, 0.3) is 0 Å². The van der Waals surface area contributed by atoms with Crippen molar-refractivity contribution in [2.75, 3.05) is 5.32 Å². The summed E-state index contributed by atoms with van der Waals surface area (Å²) >= 11 is 1.46. The highest BCUT2D eigenvalue weighted by atomic mass is 32.1. The molecule has 0 bridgehead atoms. The smallest absolute Gasteiger partial charge is 0.229 e. The van der Waals surface area contributed by atoms with Crippen LogP contribution in [0.2, 0.25) is 0 Å². The van der Waals surface area contributed by atoms with Gasteiger partial charge in [0.05, 0.1) is 5.69 Å². The number of carbonyl (C=O) groups excluding carboxylic acids is 1. The third-order valence-electron chi connectivity index (χ3n) is 4.61. The molecule has 0 radical (unpaired) electrons. The molecule has 128 valence electrons. The van der Waals surface area contributed by atoms with Crippen LogP contribution in [0.15, 0.2) is 41.9 Å². The van der Waals surface area contributed by atoms with E-state index in [9.17, 15) is 4.79 Å². The fourth-order valence-electron chi connectivity index (χ4n) is 3.34. The second-order valence-corrected chi connectivity index (χ2v) is 7.30. The molecule has 1 N–H and O–H groups in total. The van der Waals surface area contributed by atoms with Gasteiger partial charge < -0.3 is 5.32 Å². The van der Waals surface area contributed by atoms with Crippen molar-refractivity contribution in [2.24, 2.45) is 13.0 Å². The van der Waals surface area contributed by atoms with Crippen LogP contribution in [0.4, 0.5) is 5.13 Å². The number of thiazole rings is 1. The van der Waals surface area contributed by atoms with Gasteiger partial charge in [-0.2, -0.15) is 5.10 Å². The molecule has 0 unspecified atom stereocenters. The van der Waals surface area contributed by atoms with Crippen molar-refractivity contribution in [1.29, 1.82) is 0 Å². The zero-order valence-electron chi connectivity index (χ0n) is 14.1. The van der Waals surface area contributed by atoms with Crippen molar-refractivity contribution >= 4 is 22.4 Å². The van der Waals surface area contributed by atoms with Crippen LogP contribution in [0.25, 0.3) is 22.5 Å². The summed E-state index contributed by atoms with van der Waals surface area (Å²) in [4.78, 5) is 16.9. The maximum absolute atomic E-state index is 12.3. The first kappa shape index (κ1) is 16.0. The largest absolute Gasteiger partial charge is 0.302 e. The van der Waals surface area contributed by atoms with Crippen LogP contribution >= 0.6 is 11.3 Å². The lowest BCUT2D eigenvalue weighted by Crippen LogP contribution is -2.20. The quantitative estimate of drug-likeness (QED) is 0.760. The third kappa shape index (κ3) is 3.35. The summed E-state index contributed by atoms with van der Waals surface area (Å²) in [6, 6.07) is 10.1. The molecule has 1 aromatic carbocycles. The molecule has 1 amide bonds. The molecule has 2 heterocycles. The number of benzene rings is 1. The molecule has 6 heteroatoms. The summed E-state index contributed by atoms with van der Waals surface area (Å²) in [7, 11) is 1.91. The zero-order chi connectivity index (χ0) is 17.2. The van der Waals surface area contributed by atoms with Gasteiger partial charge >= 0.3 is 0 Å². The lowest BCUT2D eigenvalue weighted by Gasteiger charge is -2.07. The van der Waals surface area contributed by atoms with Crippen molar-refractivity contribution in [1.82, 2.24) is 14.8 Å². The summed E-state index contributed by atoms with van der Waals surface area (Å²) in [6.45, 7) is 0. The highest BCUT2D eigenvalue weighted by Crippen LogP contribution is 2.33. The Morgan fingerprint density at radius 2 is 2.00 bits per heavy atom. The summed E-state index contributed by atoms with van der Waals surface area (Å²) < 4.78 is 1.80. The van der Waals surface area contributed by atoms with Crippen molar-refractivity contribution in [3.8, 4) is 22.5 Å². The van der Waals surface area contributed by atoms with Gasteiger partial charge in [0, 0.05) is 35.7 Å². The number of nitrogens with zero attached hydrogens (tertiary/aromatic N) is 3. The van der Waals surface area contributed by atoms with E-state index in [4.69, 9.17) is 0 Å². The van der Waals surface area contributed by atoms with E-state index < -0.39 is 0 Å². The predicted molar refractivity (Wildman–Crippen MR) is 100 cm³/mol.